The third kappa shape index (κ3) is 4.21. The molecule has 2 amide bonds. The molecule has 2 aromatic carbocycles. The average molecular weight is 427 g/mol. The lowest BCUT2D eigenvalue weighted by Gasteiger charge is -2.17. The van der Waals surface area contributed by atoms with Crippen LogP contribution in [0.25, 0.3) is 0 Å². The van der Waals surface area contributed by atoms with Gasteiger partial charge in [0.2, 0.25) is 11.8 Å². The largest absolute Gasteiger partial charge is 0.311 e. The first kappa shape index (κ1) is 20.1. The minimum atomic E-state index is -0.527. The van der Waals surface area contributed by atoms with Crippen molar-refractivity contribution in [1.82, 2.24) is 9.78 Å². The zero-order valence-corrected chi connectivity index (χ0v) is 17.1. The van der Waals surface area contributed by atoms with Gasteiger partial charge < -0.3 is 10.2 Å². The van der Waals surface area contributed by atoms with E-state index in [0.29, 0.717) is 28.6 Å². The van der Waals surface area contributed by atoms with Crippen molar-refractivity contribution in [3.63, 3.8) is 0 Å². The van der Waals surface area contributed by atoms with E-state index in [1.165, 1.54) is 11.0 Å². The predicted octanol–water partition coefficient (Wildman–Crippen LogP) is 4.02. The number of rotatable bonds is 5. The quantitative estimate of drug-likeness (QED) is 0.670. The molecule has 1 saturated heterocycles. The highest BCUT2D eigenvalue weighted by Gasteiger charge is 2.35. The normalized spacial score (nSPS) is 16.2. The molecule has 3 aromatic rings. The number of nitrogens with zero attached hydrogens (tertiary/aromatic N) is 3. The minimum Gasteiger partial charge on any atom is -0.311 e. The van der Waals surface area contributed by atoms with Crippen molar-refractivity contribution in [2.24, 2.45) is 5.92 Å². The summed E-state index contributed by atoms with van der Waals surface area (Å²) in [5.41, 5.74) is 1.96. The molecule has 0 radical (unpaired) electrons. The van der Waals surface area contributed by atoms with Crippen LogP contribution >= 0.6 is 11.6 Å². The van der Waals surface area contributed by atoms with Crippen LogP contribution in [0.3, 0.4) is 0 Å². The number of aryl methyl sites for hydroxylation is 1. The third-order valence-electron chi connectivity index (χ3n) is 5.18. The fourth-order valence-electron chi connectivity index (χ4n) is 3.44. The van der Waals surface area contributed by atoms with Gasteiger partial charge >= 0.3 is 0 Å². The Labute approximate surface area is 178 Å². The monoisotopic (exact) mass is 426 g/mol. The molecule has 1 N–H and O–H groups in total. The van der Waals surface area contributed by atoms with Crippen molar-refractivity contribution in [3.05, 3.63) is 76.7 Å². The summed E-state index contributed by atoms with van der Waals surface area (Å²) in [4.78, 5) is 26.7. The van der Waals surface area contributed by atoms with E-state index in [1.807, 2.05) is 12.1 Å². The Bertz CT molecular complexity index is 1100. The molecule has 6 nitrogen and oxygen atoms in total. The fraction of sp³-hybridized carbons (Fsp3) is 0.227. The molecule has 1 aliphatic heterocycles. The molecule has 30 heavy (non-hydrogen) atoms. The second kappa shape index (κ2) is 8.28. The van der Waals surface area contributed by atoms with Gasteiger partial charge in [-0.2, -0.15) is 5.10 Å². The SMILES string of the molecule is Cc1ccc(N2CC(C(=O)Nc3ccnn3Cc3ccc(Cl)cc3)CC2=O)cc1F. The maximum absolute atomic E-state index is 13.9. The van der Waals surface area contributed by atoms with Gasteiger partial charge in [-0.05, 0) is 42.3 Å². The molecule has 1 aromatic heterocycles. The van der Waals surface area contributed by atoms with Crippen LogP contribution in [0.2, 0.25) is 5.02 Å². The summed E-state index contributed by atoms with van der Waals surface area (Å²) in [5, 5.41) is 7.77. The summed E-state index contributed by atoms with van der Waals surface area (Å²) in [6.45, 7) is 2.34. The molecule has 1 atom stereocenters. The zero-order valence-electron chi connectivity index (χ0n) is 16.3. The van der Waals surface area contributed by atoms with Crippen LogP contribution in [0, 0.1) is 18.7 Å². The first-order valence-corrected chi connectivity index (χ1v) is 9.92. The lowest BCUT2D eigenvalue weighted by molar-refractivity contribution is -0.122. The van der Waals surface area contributed by atoms with Gasteiger partial charge in [0.05, 0.1) is 18.7 Å². The highest BCUT2D eigenvalue weighted by Crippen LogP contribution is 2.27. The van der Waals surface area contributed by atoms with Crippen LogP contribution in [-0.4, -0.2) is 28.1 Å². The van der Waals surface area contributed by atoms with Gasteiger partial charge in [-0.25, -0.2) is 9.07 Å². The molecule has 154 valence electrons. The number of anilines is 2. The van der Waals surface area contributed by atoms with Gasteiger partial charge in [-0.15, -0.1) is 0 Å². The molecule has 2 heterocycles. The average Bonchev–Trinajstić information content (AvgIpc) is 3.32. The molecule has 8 heteroatoms. The Balaban J connectivity index is 1.43. The summed E-state index contributed by atoms with van der Waals surface area (Å²) in [5.74, 6) is -0.827. The summed E-state index contributed by atoms with van der Waals surface area (Å²) >= 11 is 5.92. The van der Waals surface area contributed by atoms with E-state index >= 15 is 0 Å². The topological polar surface area (TPSA) is 67.2 Å². The summed E-state index contributed by atoms with van der Waals surface area (Å²) in [6.07, 6.45) is 1.68. The Hall–Kier alpha value is -3.19. The van der Waals surface area contributed by atoms with E-state index in [4.69, 9.17) is 11.6 Å². The zero-order chi connectivity index (χ0) is 21.3. The summed E-state index contributed by atoms with van der Waals surface area (Å²) in [7, 11) is 0. The molecule has 1 fully saturated rings. The maximum atomic E-state index is 13.9. The summed E-state index contributed by atoms with van der Waals surface area (Å²) < 4.78 is 15.6. The van der Waals surface area contributed by atoms with E-state index in [-0.39, 0.29) is 30.6 Å². The van der Waals surface area contributed by atoms with Crippen LogP contribution in [0.15, 0.2) is 54.7 Å². The molecule has 1 unspecified atom stereocenters. The molecule has 0 aliphatic carbocycles. The lowest BCUT2D eigenvalue weighted by atomic mass is 10.1. The fourth-order valence-corrected chi connectivity index (χ4v) is 3.56. The van der Waals surface area contributed by atoms with Gasteiger partial charge in [-0.1, -0.05) is 29.8 Å². The molecular formula is C22H20ClFN4O2. The molecule has 0 bridgehead atoms. The third-order valence-corrected chi connectivity index (χ3v) is 5.43. The molecule has 4 rings (SSSR count). The highest BCUT2D eigenvalue weighted by molar-refractivity contribution is 6.30. The van der Waals surface area contributed by atoms with Gasteiger partial charge in [0.15, 0.2) is 0 Å². The Morgan fingerprint density at radius 1 is 1.23 bits per heavy atom. The van der Waals surface area contributed by atoms with Crippen LogP contribution in [-0.2, 0) is 16.1 Å². The lowest BCUT2D eigenvalue weighted by Crippen LogP contribution is -2.28. The number of hydrogen-bond acceptors (Lipinski definition) is 3. The number of carbonyl (C=O) groups is 2. The summed E-state index contributed by atoms with van der Waals surface area (Å²) in [6, 6.07) is 13.7. The number of amides is 2. The van der Waals surface area contributed by atoms with E-state index < -0.39 is 5.92 Å². The highest BCUT2D eigenvalue weighted by atomic mass is 35.5. The minimum absolute atomic E-state index is 0.0760. The van der Waals surface area contributed by atoms with Crippen molar-refractivity contribution in [3.8, 4) is 0 Å². The van der Waals surface area contributed by atoms with Crippen molar-refractivity contribution in [1.29, 1.82) is 0 Å². The molecule has 0 saturated carbocycles. The van der Waals surface area contributed by atoms with E-state index in [9.17, 15) is 14.0 Å². The van der Waals surface area contributed by atoms with Crippen molar-refractivity contribution in [2.45, 2.75) is 19.9 Å². The van der Waals surface area contributed by atoms with E-state index in [1.54, 1.807) is 48.1 Å². The van der Waals surface area contributed by atoms with Crippen LogP contribution in [0.1, 0.15) is 17.5 Å². The second-order valence-electron chi connectivity index (χ2n) is 7.33. The Kier molecular flexibility index (Phi) is 5.55. The Morgan fingerprint density at radius 2 is 2.00 bits per heavy atom. The smallest absolute Gasteiger partial charge is 0.230 e. The van der Waals surface area contributed by atoms with Crippen molar-refractivity contribution < 1.29 is 14.0 Å². The molecular weight excluding hydrogens is 407 g/mol. The predicted molar refractivity (Wildman–Crippen MR) is 113 cm³/mol. The number of hydrogen-bond donors (Lipinski definition) is 1. The van der Waals surface area contributed by atoms with Gasteiger partial charge in [0.1, 0.15) is 11.6 Å². The Morgan fingerprint density at radius 3 is 2.73 bits per heavy atom. The van der Waals surface area contributed by atoms with Crippen LogP contribution in [0.4, 0.5) is 15.9 Å². The van der Waals surface area contributed by atoms with Crippen LogP contribution < -0.4 is 10.2 Å². The van der Waals surface area contributed by atoms with Gasteiger partial charge in [0, 0.05) is 29.7 Å². The number of benzene rings is 2. The van der Waals surface area contributed by atoms with Crippen LogP contribution in [0.5, 0.6) is 0 Å². The first-order valence-electron chi connectivity index (χ1n) is 9.54. The number of carbonyl (C=O) groups excluding carboxylic acids is 2. The van der Waals surface area contributed by atoms with Crippen molar-refractivity contribution >= 4 is 34.9 Å². The van der Waals surface area contributed by atoms with E-state index in [2.05, 4.69) is 10.4 Å². The number of halogens is 2. The van der Waals surface area contributed by atoms with E-state index in [0.717, 1.165) is 5.56 Å². The van der Waals surface area contributed by atoms with Gasteiger partial charge in [-0.3, -0.25) is 9.59 Å². The number of nitrogens with one attached hydrogen (secondary N) is 1. The second-order valence-corrected chi connectivity index (χ2v) is 7.77. The van der Waals surface area contributed by atoms with Crippen molar-refractivity contribution in [2.75, 3.05) is 16.8 Å². The molecule has 1 aliphatic rings. The first-order chi connectivity index (χ1) is 14.4. The van der Waals surface area contributed by atoms with Gasteiger partial charge in [0.25, 0.3) is 0 Å². The molecule has 0 spiro atoms. The number of aromatic nitrogens is 2. The standard InChI is InChI=1S/C22H20ClFN4O2/c1-14-2-7-18(11-19(14)24)27-13-16(10-21(27)29)22(30)26-20-8-9-25-28(20)12-15-3-5-17(23)6-4-15/h2-9,11,16H,10,12-13H2,1H3,(H,26,30). The maximum Gasteiger partial charge on any atom is 0.230 e.